The molecular weight excluding hydrogens is 196 g/mol. The second-order valence-corrected chi connectivity index (χ2v) is 3.66. The van der Waals surface area contributed by atoms with Gasteiger partial charge < -0.3 is 15.4 Å². The Morgan fingerprint density at radius 1 is 1.67 bits per heavy atom. The Morgan fingerprint density at radius 3 is 2.73 bits per heavy atom. The first-order chi connectivity index (χ1) is 6.91. The topological polar surface area (TPSA) is 85.3 Å². The van der Waals surface area contributed by atoms with Gasteiger partial charge in [0.1, 0.15) is 0 Å². The minimum atomic E-state index is -0.859. The summed E-state index contributed by atoms with van der Waals surface area (Å²) in [5, 5.41) is 8.74. The number of aromatic nitrogens is 1. The SMILES string of the molecule is CC(Cc1cc(N)c(=O)n(C)c1)C(=O)O. The summed E-state index contributed by atoms with van der Waals surface area (Å²) < 4.78 is 1.36. The van der Waals surface area contributed by atoms with E-state index in [1.807, 2.05) is 0 Å². The number of hydrogen-bond donors (Lipinski definition) is 2. The highest BCUT2D eigenvalue weighted by Crippen LogP contribution is 2.09. The normalized spacial score (nSPS) is 12.4. The van der Waals surface area contributed by atoms with Gasteiger partial charge in [0, 0.05) is 13.2 Å². The smallest absolute Gasteiger partial charge is 0.306 e. The van der Waals surface area contributed by atoms with Gasteiger partial charge in [-0.1, -0.05) is 6.92 Å². The van der Waals surface area contributed by atoms with E-state index in [0.29, 0.717) is 6.42 Å². The lowest BCUT2D eigenvalue weighted by molar-refractivity contribution is -0.141. The number of rotatable bonds is 3. The summed E-state index contributed by atoms with van der Waals surface area (Å²) in [5.74, 6) is -1.34. The zero-order valence-corrected chi connectivity index (χ0v) is 8.73. The molecule has 1 aromatic rings. The lowest BCUT2D eigenvalue weighted by atomic mass is 10.0. The molecule has 15 heavy (non-hydrogen) atoms. The van der Waals surface area contributed by atoms with Crippen molar-refractivity contribution < 1.29 is 9.90 Å². The van der Waals surface area contributed by atoms with Crippen molar-refractivity contribution in [2.24, 2.45) is 13.0 Å². The number of anilines is 1. The molecule has 82 valence electrons. The molecule has 0 bridgehead atoms. The Kier molecular flexibility index (Phi) is 3.14. The Bertz CT molecular complexity index is 411. The molecule has 0 aliphatic carbocycles. The first kappa shape index (κ1) is 11.3. The molecule has 1 unspecified atom stereocenters. The maximum absolute atomic E-state index is 11.3. The lowest BCUT2D eigenvalue weighted by Gasteiger charge is -2.08. The van der Waals surface area contributed by atoms with Crippen LogP contribution in [0.25, 0.3) is 0 Å². The van der Waals surface area contributed by atoms with Gasteiger partial charge in [0.25, 0.3) is 5.56 Å². The van der Waals surface area contributed by atoms with Crippen molar-refractivity contribution in [3.8, 4) is 0 Å². The van der Waals surface area contributed by atoms with Gasteiger partial charge in [0.2, 0.25) is 0 Å². The molecule has 5 nitrogen and oxygen atoms in total. The molecule has 0 radical (unpaired) electrons. The van der Waals surface area contributed by atoms with Gasteiger partial charge in [-0.2, -0.15) is 0 Å². The number of nitrogens with two attached hydrogens (primary N) is 1. The lowest BCUT2D eigenvalue weighted by Crippen LogP contribution is -2.21. The maximum Gasteiger partial charge on any atom is 0.306 e. The van der Waals surface area contributed by atoms with E-state index in [2.05, 4.69) is 0 Å². The number of hydrogen-bond acceptors (Lipinski definition) is 3. The molecule has 1 rings (SSSR count). The third-order valence-corrected chi connectivity index (χ3v) is 2.23. The Morgan fingerprint density at radius 2 is 2.27 bits per heavy atom. The van der Waals surface area contributed by atoms with Gasteiger partial charge in [-0.25, -0.2) is 0 Å². The first-order valence-electron chi connectivity index (χ1n) is 4.59. The van der Waals surface area contributed by atoms with Gasteiger partial charge in [-0.3, -0.25) is 9.59 Å². The minimum absolute atomic E-state index is 0.146. The molecule has 0 aliphatic heterocycles. The van der Waals surface area contributed by atoms with Crippen molar-refractivity contribution in [2.45, 2.75) is 13.3 Å². The zero-order valence-electron chi connectivity index (χ0n) is 8.73. The predicted molar refractivity (Wildman–Crippen MR) is 56.6 cm³/mol. The second kappa shape index (κ2) is 4.16. The van der Waals surface area contributed by atoms with E-state index in [4.69, 9.17) is 10.8 Å². The number of pyridine rings is 1. The van der Waals surface area contributed by atoms with Crippen LogP contribution in [0, 0.1) is 5.92 Å². The summed E-state index contributed by atoms with van der Waals surface area (Å²) in [6, 6.07) is 1.53. The molecular formula is C10H14N2O3. The van der Waals surface area contributed by atoms with Crippen LogP contribution in [0.5, 0.6) is 0 Å². The number of carboxylic acids is 1. The summed E-state index contributed by atoms with van der Waals surface area (Å²) in [6.45, 7) is 1.61. The van der Waals surface area contributed by atoms with E-state index in [0.717, 1.165) is 5.56 Å². The van der Waals surface area contributed by atoms with Crippen LogP contribution in [-0.2, 0) is 18.3 Å². The van der Waals surface area contributed by atoms with Gasteiger partial charge in [0.05, 0.1) is 11.6 Å². The van der Waals surface area contributed by atoms with Gasteiger partial charge in [0.15, 0.2) is 0 Å². The third kappa shape index (κ3) is 2.59. The molecule has 0 fully saturated rings. The molecule has 0 aromatic carbocycles. The molecule has 5 heteroatoms. The van der Waals surface area contributed by atoms with Crippen LogP contribution in [0.1, 0.15) is 12.5 Å². The largest absolute Gasteiger partial charge is 0.481 e. The second-order valence-electron chi connectivity index (χ2n) is 3.66. The number of nitrogen functional groups attached to an aromatic ring is 1. The Labute approximate surface area is 87.1 Å². The van der Waals surface area contributed by atoms with Crippen LogP contribution in [0.4, 0.5) is 5.69 Å². The van der Waals surface area contributed by atoms with Gasteiger partial charge in [-0.05, 0) is 18.1 Å². The number of carboxylic acid groups (broad SMARTS) is 1. The molecule has 1 heterocycles. The van der Waals surface area contributed by atoms with Crippen molar-refractivity contribution in [3.05, 3.63) is 28.2 Å². The number of aryl methyl sites for hydroxylation is 1. The van der Waals surface area contributed by atoms with Crippen molar-refractivity contribution >= 4 is 11.7 Å². The minimum Gasteiger partial charge on any atom is -0.481 e. The summed E-state index contributed by atoms with van der Waals surface area (Å²) >= 11 is 0. The van der Waals surface area contributed by atoms with Crippen molar-refractivity contribution in [3.63, 3.8) is 0 Å². The number of aliphatic carboxylic acids is 1. The van der Waals surface area contributed by atoms with Crippen LogP contribution in [0.15, 0.2) is 17.1 Å². The van der Waals surface area contributed by atoms with Crippen LogP contribution in [-0.4, -0.2) is 15.6 Å². The monoisotopic (exact) mass is 210 g/mol. The van der Waals surface area contributed by atoms with E-state index in [1.54, 1.807) is 20.2 Å². The van der Waals surface area contributed by atoms with Gasteiger partial charge in [-0.15, -0.1) is 0 Å². The fraction of sp³-hybridized carbons (Fsp3) is 0.400. The van der Waals surface area contributed by atoms with Crippen LogP contribution >= 0.6 is 0 Å². The Hall–Kier alpha value is -1.78. The van der Waals surface area contributed by atoms with E-state index in [9.17, 15) is 9.59 Å². The standard InChI is InChI=1S/C10H14N2O3/c1-6(10(14)15)3-7-4-8(11)9(13)12(2)5-7/h4-6H,3,11H2,1-2H3,(H,14,15). The molecule has 0 spiro atoms. The molecule has 1 aromatic heterocycles. The van der Waals surface area contributed by atoms with E-state index >= 15 is 0 Å². The van der Waals surface area contributed by atoms with Crippen LogP contribution in [0.3, 0.4) is 0 Å². The third-order valence-electron chi connectivity index (χ3n) is 2.23. The summed E-state index contributed by atoms with van der Waals surface area (Å²) in [4.78, 5) is 21.9. The highest BCUT2D eigenvalue weighted by molar-refractivity contribution is 5.69. The first-order valence-corrected chi connectivity index (χ1v) is 4.59. The molecule has 3 N–H and O–H groups in total. The average Bonchev–Trinajstić information content (AvgIpc) is 2.13. The van der Waals surface area contributed by atoms with E-state index < -0.39 is 11.9 Å². The summed E-state index contributed by atoms with van der Waals surface area (Å²) in [7, 11) is 1.59. The van der Waals surface area contributed by atoms with Crippen molar-refractivity contribution in [1.82, 2.24) is 4.57 Å². The molecule has 1 atom stereocenters. The molecule has 0 amide bonds. The van der Waals surface area contributed by atoms with Crippen molar-refractivity contribution in [2.75, 3.05) is 5.73 Å². The van der Waals surface area contributed by atoms with Crippen LogP contribution in [0.2, 0.25) is 0 Å². The van der Waals surface area contributed by atoms with E-state index in [-0.39, 0.29) is 11.2 Å². The summed E-state index contributed by atoms with van der Waals surface area (Å²) in [5.41, 5.74) is 6.13. The fourth-order valence-electron chi connectivity index (χ4n) is 1.36. The highest BCUT2D eigenvalue weighted by Gasteiger charge is 2.12. The predicted octanol–water partition coefficient (Wildman–Crippen LogP) is 0.231. The molecule has 0 aliphatic rings. The Balaban J connectivity index is 2.98. The average molecular weight is 210 g/mol. The molecule has 0 saturated heterocycles. The number of carbonyl (C=O) groups is 1. The maximum atomic E-state index is 11.3. The number of nitrogens with zero attached hydrogens (tertiary/aromatic N) is 1. The zero-order chi connectivity index (χ0) is 11.6. The quantitative estimate of drug-likeness (QED) is 0.747. The fourth-order valence-corrected chi connectivity index (χ4v) is 1.36. The van der Waals surface area contributed by atoms with E-state index in [1.165, 1.54) is 10.6 Å². The van der Waals surface area contributed by atoms with Crippen LogP contribution < -0.4 is 11.3 Å². The van der Waals surface area contributed by atoms with Gasteiger partial charge >= 0.3 is 5.97 Å². The highest BCUT2D eigenvalue weighted by atomic mass is 16.4. The molecule has 0 saturated carbocycles. The van der Waals surface area contributed by atoms with Crippen molar-refractivity contribution in [1.29, 1.82) is 0 Å². The summed E-state index contributed by atoms with van der Waals surface area (Å²) in [6.07, 6.45) is 1.98.